The second-order valence-corrected chi connectivity index (χ2v) is 4.14. The quantitative estimate of drug-likeness (QED) is 0.789. The van der Waals surface area contributed by atoms with Gasteiger partial charge < -0.3 is 4.98 Å². The molecule has 0 saturated heterocycles. The van der Waals surface area contributed by atoms with Gasteiger partial charge in [-0.25, -0.2) is 4.98 Å². The van der Waals surface area contributed by atoms with Crippen LogP contribution in [0.15, 0.2) is 30.6 Å². The predicted molar refractivity (Wildman–Crippen MR) is 64.6 cm³/mol. The largest absolute Gasteiger partial charge is 0.417 e. The summed E-state index contributed by atoms with van der Waals surface area (Å²) < 4.78 is 39.0. The van der Waals surface area contributed by atoms with Crippen LogP contribution in [0.5, 0.6) is 0 Å². The lowest BCUT2D eigenvalue weighted by atomic mass is 10.0. The van der Waals surface area contributed by atoms with Crippen molar-refractivity contribution in [3.63, 3.8) is 0 Å². The average molecular weight is 270 g/mol. The van der Waals surface area contributed by atoms with Gasteiger partial charge in [-0.1, -0.05) is 30.4 Å². The zero-order chi connectivity index (χ0) is 13.3. The van der Waals surface area contributed by atoms with Crippen molar-refractivity contribution in [3.8, 4) is 11.3 Å². The van der Waals surface area contributed by atoms with Crippen molar-refractivity contribution in [1.82, 2.24) is 9.97 Å². The minimum Gasteiger partial charge on any atom is -0.346 e. The van der Waals surface area contributed by atoms with Crippen LogP contribution in [0.25, 0.3) is 11.3 Å². The molecule has 0 aliphatic rings. The third-order valence-electron chi connectivity index (χ3n) is 2.59. The van der Waals surface area contributed by atoms with E-state index in [9.17, 15) is 13.2 Å². The van der Waals surface area contributed by atoms with Crippen LogP contribution in [-0.4, -0.2) is 9.97 Å². The maximum absolute atomic E-state index is 12.9. The maximum atomic E-state index is 12.9. The second kappa shape index (κ2) is 4.53. The van der Waals surface area contributed by atoms with Gasteiger partial charge in [0, 0.05) is 11.1 Å². The molecule has 1 heterocycles. The molecule has 0 fully saturated rings. The SMILES string of the molecule is Cc1c(-c2ccccc2C(F)(F)F)[nH]cnc1=S. The molecule has 0 amide bonds. The molecule has 2 aromatic rings. The lowest BCUT2D eigenvalue weighted by molar-refractivity contribution is -0.137. The fourth-order valence-corrected chi connectivity index (χ4v) is 1.85. The summed E-state index contributed by atoms with van der Waals surface area (Å²) in [6, 6.07) is 5.38. The number of hydrogen-bond acceptors (Lipinski definition) is 2. The first-order chi connectivity index (χ1) is 8.41. The highest BCUT2D eigenvalue weighted by molar-refractivity contribution is 7.71. The Morgan fingerprint density at radius 1 is 1.22 bits per heavy atom. The Balaban J connectivity index is 2.73. The molecular formula is C12H9F3N2S. The minimum atomic E-state index is -4.40. The van der Waals surface area contributed by atoms with Gasteiger partial charge in [-0.3, -0.25) is 0 Å². The zero-order valence-corrected chi connectivity index (χ0v) is 10.2. The van der Waals surface area contributed by atoms with E-state index in [0.29, 0.717) is 15.9 Å². The molecule has 94 valence electrons. The van der Waals surface area contributed by atoms with Gasteiger partial charge >= 0.3 is 6.18 Å². The molecule has 1 N–H and O–H groups in total. The highest BCUT2D eigenvalue weighted by atomic mass is 32.1. The van der Waals surface area contributed by atoms with Gasteiger partial charge in [-0.15, -0.1) is 0 Å². The van der Waals surface area contributed by atoms with Gasteiger partial charge in [0.05, 0.1) is 17.6 Å². The van der Waals surface area contributed by atoms with Crippen LogP contribution in [0.3, 0.4) is 0 Å². The molecular weight excluding hydrogens is 261 g/mol. The van der Waals surface area contributed by atoms with Gasteiger partial charge in [0.25, 0.3) is 0 Å². The van der Waals surface area contributed by atoms with Crippen molar-refractivity contribution in [1.29, 1.82) is 0 Å². The molecule has 1 aromatic carbocycles. The minimum absolute atomic E-state index is 0.0796. The van der Waals surface area contributed by atoms with Crippen molar-refractivity contribution in [2.45, 2.75) is 13.1 Å². The van der Waals surface area contributed by atoms with E-state index in [4.69, 9.17) is 12.2 Å². The van der Waals surface area contributed by atoms with Crippen LogP contribution in [0.1, 0.15) is 11.1 Å². The first-order valence-corrected chi connectivity index (χ1v) is 5.53. The number of nitrogens with one attached hydrogen (secondary N) is 1. The van der Waals surface area contributed by atoms with E-state index in [1.807, 2.05) is 0 Å². The monoisotopic (exact) mass is 270 g/mol. The van der Waals surface area contributed by atoms with Crippen molar-refractivity contribution >= 4 is 12.2 Å². The summed E-state index contributed by atoms with van der Waals surface area (Å²) in [5, 5.41) is 0. The van der Waals surface area contributed by atoms with Crippen molar-refractivity contribution < 1.29 is 13.2 Å². The predicted octanol–water partition coefficient (Wildman–Crippen LogP) is 4.13. The lowest BCUT2D eigenvalue weighted by Crippen LogP contribution is -2.08. The molecule has 0 saturated carbocycles. The Labute approximate surface area is 107 Å². The van der Waals surface area contributed by atoms with E-state index >= 15 is 0 Å². The van der Waals surface area contributed by atoms with Crippen molar-refractivity contribution in [3.05, 3.63) is 46.4 Å². The van der Waals surface area contributed by atoms with Crippen LogP contribution in [0.2, 0.25) is 0 Å². The molecule has 1 aromatic heterocycles. The molecule has 6 heteroatoms. The van der Waals surface area contributed by atoms with E-state index in [2.05, 4.69) is 9.97 Å². The first-order valence-electron chi connectivity index (χ1n) is 5.12. The normalized spacial score (nSPS) is 11.6. The van der Waals surface area contributed by atoms with E-state index in [0.717, 1.165) is 6.07 Å². The topological polar surface area (TPSA) is 28.7 Å². The molecule has 0 aliphatic heterocycles. The van der Waals surface area contributed by atoms with Crippen molar-refractivity contribution in [2.24, 2.45) is 0 Å². The number of nitrogens with zero attached hydrogens (tertiary/aromatic N) is 1. The summed E-state index contributed by atoms with van der Waals surface area (Å²) in [5.41, 5.74) is 0.271. The molecule has 2 nitrogen and oxygen atoms in total. The summed E-state index contributed by atoms with van der Waals surface area (Å²) in [4.78, 5) is 6.56. The standard InChI is InChI=1S/C12H9F3N2S/c1-7-10(16-6-17-11(7)18)8-4-2-3-5-9(8)12(13,14)15/h2-6H,1H3,(H,16,17,18). The van der Waals surface area contributed by atoms with Crippen LogP contribution in [0, 0.1) is 11.6 Å². The number of H-pyrrole nitrogens is 1. The van der Waals surface area contributed by atoms with Gasteiger partial charge in [0.1, 0.15) is 4.64 Å². The smallest absolute Gasteiger partial charge is 0.346 e. The maximum Gasteiger partial charge on any atom is 0.417 e. The Bertz CT molecular complexity index is 632. The fourth-order valence-electron chi connectivity index (χ4n) is 1.70. The van der Waals surface area contributed by atoms with E-state index in [-0.39, 0.29) is 5.56 Å². The Hall–Kier alpha value is -1.69. The summed E-state index contributed by atoms with van der Waals surface area (Å²) in [5.74, 6) is 0. The van der Waals surface area contributed by atoms with E-state index in [1.54, 1.807) is 13.0 Å². The Morgan fingerprint density at radius 3 is 2.56 bits per heavy atom. The van der Waals surface area contributed by atoms with Gasteiger partial charge in [-0.2, -0.15) is 13.2 Å². The fraction of sp³-hybridized carbons (Fsp3) is 0.167. The molecule has 0 atom stereocenters. The molecule has 0 aliphatic carbocycles. The summed E-state index contributed by atoms with van der Waals surface area (Å²) >= 11 is 4.97. The molecule has 0 spiro atoms. The number of halogens is 3. The number of alkyl halides is 3. The third kappa shape index (κ3) is 2.28. The summed E-state index contributed by atoms with van der Waals surface area (Å²) in [6.07, 6.45) is -3.10. The third-order valence-corrected chi connectivity index (χ3v) is 3.00. The zero-order valence-electron chi connectivity index (χ0n) is 9.38. The Morgan fingerprint density at radius 2 is 1.89 bits per heavy atom. The van der Waals surface area contributed by atoms with Crippen LogP contribution in [-0.2, 0) is 6.18 Å². The average Bonchev–Trinajstić information content (AvgIpc) is 2.32. The molecule has 0 bridgehead atoms. The number of aromatic amines is 1. The van der Waals surface area contributed by atoms with Gasteiger partial charge in [0.2, 0.25) is 0 Å². The molecule has 0 unspecified atom stereocenters. The van der Waals surface area contributed by atoms with Crippen molar-refractivity contribution in [2.75, 3.05) is 0 Å². The van der Waals surface area contributed by atoms with E-state index < -0.39 is 11.7 Å². The highest BCUT2D eigenvalue weighted by Crippen LogP contribution is 2.36. The number of rotatable bonds is 1. The molecule has 0 radical (unpaired) electrons. The molecule has 18 heavy (non-hydrogen) atoms. The van der Waals surface area contributed by atoms with E-state index in [1.165, 1.54) is 18.5 Å². The number of hydrogen-bond donors (Lipinski definition) is 1. The van der Waals surface area contributed by atoms with Crippen LogP contribution < -0.4 is 0 Å². The lowest BCUT2D eigenvalue weighted by Gasteiger charge is -2.13. The summed E-state index contributed by atoms with van der Waals surface area (Å²) in [7, 11) is 0. The van der Waals surface area contributed by atoms with Gasteiger partial charge in [0.15, 0.2) is 0 Å². The van der Waals surface area contributed by atoms with Gasteiger partial charge in [-0.05, 0) is 13.0 Å². The Kier molecular flexibility index (Phi) is 3.21. The summed E-state index contributed by atoms with van der Waals surface area (Å²) in [6.45, 7) is 1.65. The first kappa shape index (κ1) is 12.8. The number of aromatic nitrogens is 2. The second-order valence-electron chi connectivity index (χ2n) is 3.75. The van der Waals surface area contributed by atoms with Crippen LogP contribution in [0.4, 0.5) is 13.2 Å². The molecule has 2 rings (SSSR count). The van der Waals surface area contributed by atoms with Crippen LogP contribution >= 0.6 is 12.2 Å². The number of benzene rings is 1. The highest BCUT2D eigenvalue weighted by Gasteiger charge is 2.33.